The Labute approximate surface area is 86.8 Å². The van der Waals surface area contributed by atoms with Crippen LogP contribution in [0.1, 0.15) is 45.4 Å². The molecule has 13 heavy (non-hydrogen) atoms. The largest absolute Gasteiger partial charge is 0.328 e. The van der Waals surface area contributed by atoms with Gasteiger partial charge < -0.3 is 5.73 Å². The fourth-order valence-corrected chi connectivity index (χ4v) is 2.95. The highest BCUT2D eigenvalue weighted by atomic mass is 32.2. The smallest absolute Gasteiger partial charge is 0.00414 e. The Bertz CT molecular complexity index is 127. The quantitative estimate of drug-likeness (QED) is 0.559. The van der Waals surface area contributed by atoms with Crippen molar-refractivity contribution >= 4 is 11.8 Å². The first kappa shape index (κ1) is 11.4. The predicted octanol–water partition coefficient (Wildman–Crippen LogP) is 3.04. The van der Waals surface area contributed by atoms with Gasteiger partial charge in [-0.05, 0) is 36.7 Å². The van der Waals surface area contributed by atoms with E-state index in [1.807, 2.05) is 0 Å². The summed E-state index contributed by atoms with van der Waals surface area (Å²) in [5.41, 5.74) is 6.02. The maximum absolute atomic E-state index is 6.02. The van der Waals surface area contributed by atoms with E-state index in [0.717, 1.165) is 5.92 Å². The highest BCUT2D eigenvalue weighted by Gasteiger charge is 2.16. The molecular formula is C11H23NS. The monoisotopic (exact) mass is 201 g/mol. The molecule has 0 aromatic heterocycles. The topological polar surface area (TPSA) is 26.0 Å². The molecule has 78 valence electrons. The summed E-state index contributed by atoms with van der Waals surface area (Å²) in [6.45, 7) is 2.24. The molecule has 0 aromatic rings. The van der Waals surface area contributed by atoms with Crippen molar-refractivity contribution in [1.29, 1.82) is 0 Å². The van der Waals surface area contributed by atoms with E-state index < -0.39 is 0 Å². The molecule has 2 unspecified atom stereocenters. The molecule has 0 bridgehead atoms. The van der Waals surface area contributed by atoms with Gasteiger partial charge in [-0.1, -0.05) is 26.2 Å². The van der Waals surface area contributed by atoms with Crippen LogP contribution in [0.3, 0.4) is 0 Å². The van der Waals surface area contributed by atoms with Gasteiger partial charge in [0.15, 0.2) is 0 Å². The fraction of sp³-hybridized carbons (Fsp3) is 1.00. The second-order valence-corrected chi connectivity index (χ2v) is 5.53. The van der Waals surface area contributed by atoms with E-state index in [1.165, 1.54) is 50.0 Å². The highest BCUT2D eigenvalue weighted by Crippen LogP contribution is 2.26. The van der Waals surface area contributed by atoms with Gasteiger partial charge in [0.1, 0.15) is 0 Å². The zero-order valence-corrected chi connectivity index (χ0v) is 9.61. The van der Waals surface area contributed by atoms with E-state index >= 15 is 0 Å². The molecule has 1 rings (SSSR count). The van der Waals surface area contributed by atoms with Gasteiger partial charge in [-0.3, -0.25) is 0 Å². The summed E-state index contributed by atoms with van der Waals surface area (Å²) in [5.74, 6) is 3.53. The molecule has 1 fully saturated rings. The average molecular weight is 201 g/mol. The van der Waals surface area contributed by atoms with E-state index in [2.05, 4.69) is 18.7 Å². The first-order chi connectivity index (χ1) is 6.33. The molecule has 0 heterocycles. The molecule has 0 saturated heterocycles. The molecule has 1 aliphatic rings. The van der Waals surface area contributed by atoms with Gasteiger partial charge in [-0.2, -0.15) is 11.8 Å². The fourth-order valence-electron chi connectivity index (χ4n) is 2.16. The molecular weight excluding hydrogens is 178 g/mol. The van der Waals surface area contributed by atoms with Gasteiger partial charge in [0.05, 0.1) is 0 Å². The second-order valence-electron chi connectivity index (χ2n) is 4.13. The molecule has 0 spiro atoms. The Kier molecular flexibility index (Phi) is 5.88. The standard InChI is InChI=1S/C11H23NS/c1-2-13-8-7-10-5-3-4-6-11(12)9-10/h10-11H,2-9,12H2,1H3. The van der Waals surface area contributed by atoms with Crippen molar-refractivity contribution in [1.82, 2.24) is 0 Å². The number of hydrogen-bond acceptors (Lipinski definition) is 2. The van der Waals surface area contributed by atoms with Crippen LogP contribution in [-0.4, -0.2) is 17.5 Å². The molecule has 0 aromatic carbocycles. The Morgan fingerprint density at radius 3 is 2.85 bits per heavy atom. The van der Waals surface area contributed by atoms with Crippen molar-refractivity contribution in [3.8, 4) is 0 Å². The molecule has 1 saturated carbocycles. The predicted molar refractivity (Wildman–Crippen MR) is 62.2 cm³/mol. The first-order valence-corrected chi connectivity index (χ1v) is 6.81. The van der Waals surface area contributed by atoms with Crippen LogP contribution in [0.15, 0.2) is 0 Å². The lowest BCUT2D eigenvalue weighted by molar-refractivity contribution is 0.424. The minimum absolute atomic E-state index is 0.499. The number of hydrogen-bond donors (Lipinski definition) is 1. The number of thioether (sulfide) groups is 1. The maximum Gasteiger partial charge on any atom is 0.00414 e. The van der Waals surface area contributed by atoms with Crippen LogP contribution in [0.2, 0.25) is 0 Å². The summed E-state index contributed by atoms with van der Waals surface area (Å²) in [5, 5.41) is 0. The van der Waals surface area contributed by atoms with Crippen LogP contribution in [0.5, 0.6) is 0 Å². The third-order valence-corrected chi connectivity index (χ3v) is 3.88. The van der Waals surface area contributed by atoms with Crippen molar-refractivity contribution in [3.05, 3.63) is 0 Å². The summed E-state index contributed by atoms with van der Waals surface area (Å²) in [6.07, 6.45) is 8.14. The Balaban J connectivity index is 2.15. The molecule has 0 amide bonds. The SMILES string of the molecule is CCSCCC1CCCCC(N)C1. The number of nitrogens with two attached hydrogens (primary N) is 1. The maximum atomic E-state index is 6.02. The molecule has 0 radical (unpaired) electrons. The summed E-state index contributed by atoms with van der Waals surface area (Å²) in [7, 11) is 0. The van der Waals surface area contributed by atoms with Gasteiger partial charge in [0, 0.05) is 6.04 Å². The van der Waals surface area contributed by atoms with Crippen LogP contribution >= 0.6 is 11.8 Å². The zero-order chi connectivity index (χ0) is 9.52. The summed E-state index contributed by atoms with van der Waals surface area (Å²) in [6, 6.07) is 0.499. The van der Waals surface area contributed by atoms with Crippen LogP contribution in [0.25, 0.3) is 0 Å². The normalized spacial score (nSPS) is 30.0. The van der Waals surface area contributed by atoms with Gasteiger partial charge >= 0.3 is 0 Å². The van der Waals surface area contributed by atoms with Crippen molar-refractivity contribution in [3.63, 3.8) is 0 Å². The third kappa shape index (κ3) is 4.92. The molecule has 1 aliphatic carbocycles. The van der Waals surface area contributed by atoms with Gasteiger partial charge in [0.2, 0.25) is 0 Å². The summed E-state index contributed by atoms with van der Waals surface area (Å²) in [4.78, 5) is 0. The van der Waals surface area contributed by atoms with E-state index in [0.29, 0.717) is 6.04 Å². The Morgan fingerprint density at radius 1 is 1.31 bits per heavy atom. The molecule has 2 atom stereocenters. The first-order valence-electron chi connectivity index (χ1n) is 5.66. The third-order valence-electron chi connectivity index (χ3n) is 2.95. The Hall–Kier alpha value is 0.310. The number of rotatable bonds is 4. The van der Waals surface area contributed by atoms with Gasteiger partial charge in [-0.25, -0.2) is 0 Å². The van der Waals surface area contributed by atoms with E-state index in [9.17, 15) is 0 Å². The minimum atomic E-state index is 0.499. The average Bonchev–Trinajstić information content (AvgIpc) is 2.31. The van der Waals surface area contributed by atoms with E-state index in [-0.39, 0.29) is 0 Å². The minimum Gasteiger partial charge on any atom is -0.328 e. The van der Waals surface area contributed by atoms with Crippen LogP contribution in [0, 0.1) is 5.92 Å². The molecule has 2 N–H and O–H groups in total. The highest BCUT2D eigenvalue weighted by molar-refractivity contribution is 7.99. The van der Waals surface area contributed by atoms with Crippen molar-refractivity contribution in [2.45, 2.75) is 51.5 Å². The molecule has 2 heteroatoms. The van der Waals surface area contributed by atoms with Crippen molar-refractivity contribution < 1.29 is 0 Å². The Morgan fingerprint density at radius 2 is 2.08 bits per heavy atom. The van der Waals surface area contributed by atoms with E-state index in [1.54, 1.807) is 0 Å². The van der Waals surface area contributed by atoms with Crippen molar-refractivity contribution in [2.24, 2.45) is 11.7 Å². The second kappa shape index (κ2) is 6.72. The van der Waals surface area contributed by atoms with Crippen molar-refractivity contribution in [2.75, 3.05) is 11.5 Å². The van der Waals surface area contributed by atoms with Gasteiger partial charge in [-0.15, -0.1) is 0 Å². The molecule has 0 aliphatic heterocycles. The van der Waals surface area contributed by atoms with Crippen LogP contribution < -0.4 is 5.73 Å². The zero-order valence-electron chi connectivity index (χ0n) is 8.80. The summed E-state index contributed by atoms with van der Waals surface area (Å²) < 4.78 is 0. The summed E-state index contributed by atoms with van der Waals surface area (Å²) >= 11 is 2.07. The lowest BCUT2D eigenvalue weighted by atomic mass is 9.96. The van der Waals surface area contributed by atoms with Crippen LogP contribution in [-0.2, 0) is 0 Å². The lowest BCUT2D eigenvalue weighted by Crippen LogP contribution is -2.21. The van der Waals surface area contributed by atoms with E-state index in [4.69, 9.17) is 5.73 Å². The van der Waals surface area contributed by atoms with Crippen LogP contribution in [0.4, 0.5) is 0 Å². The van der Waals surface area contributed by atoms with Gasteiger partial charge in [0.25, 0.3) is 0 Å². The molecule has 1 nitrogen and oxygen atoms in total. The lowest BCUT2D eigenvalue weighted by Gasteiger charge is -2.16.